The molecule has 0 aliphatic carbocycles. The number of para-hydroxylation sites is 2. The van der Waals surface area contributed by atoms with Gasteiger partial charge in [0.2, 0.25) is 0 Å². The molecule has 1 aliphatic heterocycles. The maximum atomic E-state index is 13.5. The highest BCUT2D eigenvalue weighted by atomic mass is 19.4. The van der Waals surface area contributed by atoms with Crippen molar-refractivity contribution in [2.75, 3.05) is 30.4 Å². The molecule has 0 radical (unpaired) electrons. The zero-order valence-corrected chi connectivity index (χ0v) is 17.6. The van der Waals surface area contributed by atoms with Gasteiger partial charge in [0.25, 0.3) is 0 Å². The maximum absolute atomic E-state index is 13.5. The van der Waals surface area contributed by atoms with Crippen molar-refractivity contribution >= 4 is 17.5 Å². The number of hydrogen-bond acceptors (Lipinski definition) is 6. The molecule has 172 valence electrons. The number of amides is 2. The molecule has 2 aromatic heterocycles. The summed E-state index contributed by atoms with van der Waals surface area (Å²) in [6, 6.07) is 10.3. The van der Waals surface area contributed by atoms with Gasteiger partial charge in [-0.25, -0.2) is 14.8 Å². The summed E-state index contributed by atoms with van der Waals surface area (Å²) in [6.45, 7) is 0.743. The van der Waals surface area contributed by atoms with Crippen molar-refractivity contribution in [1.29, 1.82) is 0 Å². The smallest absolute Gasteiger partial charge is 0.433 e. The van der Waals surface area contributed by atoms with Gasteiger partial charge in [0.15, 0.2) is 11.5 Å². The van der Waals surface area contributed by atoms with Gasteiger partial charge in [-0.05, 0) is 30.7 Å². The number of alkyl halides is 3. The van der Waals surface area contributed by atoms with Crippen LogP contribution in [-0.2, 0) is 6.18 Å². The SMILES string of the molecule is COc1ccccc1NC(=O)NC1CCN(c2cc(C(F)(F)F)nc(-c3ccncc3)n2)C1. The fraction of sp³-hybridized carbons (Fsp3) is 0.273. The molecule has 0 saturated carbocycles. The molecule has 8 nitrogen and oxygen atoms in total. The number of nitrogens with one attached hydrogen (secondary N) is 2. The van der Waals surface area contributed by atoms with Crippen LogP contribution in [0.2, 0.25) is 0 Å². The van der Waals surface area contributed by atoms with Gasteiger partial charge >= 0.3 is 12.2 Å². The van der Waals surface area contributed by atoms with Crippen molar-refractivity contribution in [3.8, 4) is 17.1 Å². The highest BCUT2D eigenvalue weighted by Gasteiger charge is 2.35. The fourth-order valence-corrected chi connectivity index (χ4v) is 3.55. The minimum atomic E-state index is -4.62. The Morgan fingerprint density at radius 2 is 1.91 bits per heavy atom. The molecule has 1 aliphatic rings. The first-order valence-electron chi connectivity index (χ1n) is 10.2. The molecule has 3 heterocycles. The van der Waals surface area contributed by atoms with Crippen molar-refractivity contribution < 1.29 is 22.7 Å². The topological polar surface area (TPSA) is 92.3 Å². The maximum Gasteiger partial charge on any atom is 0.433 e. The van der Waals surface area contributed by atoms with E-state index >= 15 is 0 Å². The molecular formula is C22H21F3N6O2. The van der Waals surface area contributed by atoms with E-state index in [0.717, 1.165) is 6.07 Å². The number of pyridine rings is 1. The second-order valence-electron chi connectivity index (χ2n) is 7.40. The first kappa shape index (κ1) is 22.3. The third kappa shape index (κ3) is 5.30. The van der Waals surface area contributed by atoms with Crippen molar-refractivity contribution in [1.82, 2.24) is 20.3 Å². The predicted octanol–water partition coefficient (Wildman–Crippen LogP) is 3.97. The van der Waals surface area contributed by atoms with Crippen molar-refractivity contribution in [3.63, 3.8) is 0 Å². The van der Waals surface area contributed by atoms with Crippen LogP contribution >= 0.6 is 0 Å². The number of rotatable bonds is 5. The number of carbonyl (C=O) groups excluding carboxylic acids is 1. The van der Waals surface area contributed by atoms with Crippen LogP contribution in [-0.4, -0.2) is 47.2 Å². The molecular weight excluding hydrogens is 437 g/mol. The predicted molar refractivity (Wildman–Crippen MR) is 116 cm³/mol. The number of nitrogens with zero attached hydrogens (tertiary/aromatic N) is 4. The zero-order valence-electron chi connectivity index (χ0n) is 17.6. The largest absolute Gasteiger partial charge is 0.495 e. The van der Waals surface area contributed by atoms with Crippen LogP contribution in [0.1, 0.15) is 12.1 Å². The minimum Gasteiger partial charge on any atom is -0.495 e. The first-order valence-corrected chi connectivity index (χ1v) is 10.2. The van der Waals surface area contributed by atoms with Crippen LogP contribution in [0.5, 0.6) is 5.75 Å². The van der Waals surface area contributed by atoms with E-state index in [1.165, 1.54) is 19.5 Å². The van der Waals surface area contributed by atoms with Crippen LogP contribution in [0, 0.1) is 0 Å². The summed E-state index contributed by atoms with van der Waals surface area (Å²) in [5.74, 6) is 0.635. The van der Waals surface area contributed by atoms with E-state index in [2.05, 4.69) is 25.6 Å². The van der Waals surface area contributed by atoms with Crippen LogP contribution in [0.4, 0.5) is 29.5 Å². The normalized spacial score (nSPS) is 15.9. The number of ether oxygens (including phenoxy) is 1. The summed E-state index contributed by atoms with van der Waals surface area (Å²) < 4.78 is 45.6. The molecule has 1 saturated heterocycles. The van der Waals surface area contributed by atoms with Gasteiger partial charge in [-0.2, -0.15) is 13.2 Å². The fourth-order valence-electron chi connectivity index (χ4n) is 3.55. The molecule has 0 bridgehead atoms. The number of methoxy groups -OCH3 is 1. The van der Waals surface area contributed by atoms with E-state index in [0.29, 0.717) is 36.5 Å². The summed E-state index contributed by atoms with van der Waals surface area (Å²) in [5, 5.41) is 5.58. The Morgan fingerprint density at radius 1 is 1.15 bits per heavy atom. The van der Waals surface area contributed by atoms with E-state index in [1.807, 2.05) is 0 Å². The number of benzene rings is 1. The summed E-state index contributed by atoms with van der Waals surface area (Å²) in [5.41, 5.74) is -0.0768. The lowest BCUT2D eigenvalue weighted by atomic mass is 10.2. The lowest BCUT2D eigenvalue weighted by molar-refractivity contribution is -0.141. The minimum absolute atomic E-state index is 0.0347. The molecule has 1 atom stereocenters. The Balaban J connectivity index is 1.48. The monoisotopic (exact) mass is 458 g/mol. The second-order valence-corrected chi connectivity index (χ2v) is 7.40. The zero-order chi connectivity index (χ0) is 23.4. The van der Waals surface area contributed by atoms with Gasteiger partial charge in [0.05, 0.1) is 12.8 Å². The Hall–Kier alpha value is -3.89. The van der Waals surface area contributed by atoms with Crippen LogP contribution in [0.25, 0.3) is 11.4 Å². The molecule has 2 N–H and O–H groups in total. The standard InChI is InChI=1S/C22H21F3N6O2/c1-33-17-5-3-2-4-16(17)28-21(32)27-15-8-11-31(13-15)19-12-18(22(23,24)25)29-20(30-19)14-6-9-26-10-7-14/h2-7,9-10,12,15H,8,11,13H2,1H3,(H2,27,28,32). The third-order valence-electron chi connectivity index (χ3n) is 5.14. The molecule has 1 aromatic carbocycles. The molecule has 33 heavy (non-hydrogen) atoms. The van der Waals surface area contributed by atoms with Crippen molar-refractivity contribution in [2.45, 2.75) is 18.6 Å². The van der Waals surface area contributed by atoms with Crippen LogP contribution < -0.4 is 20.3 Å². The summed E-state index contributed by atoms with van der Waals surface area (Å²) in [6.07, 6.45) is -1.13. The van der Waals surface area contributed by atoms with Gasteiger partial charge < -0.3 is 20.3 Å². The van der Waals surface area contributed by atoms with Crippen LogP contribution in [0.3, 0.4) is 0 Å². The van der Waals surface area contributed by atoms with Crippen molar-refractivity contribution in [2.24, 2.45) is 0 Å². The highest BCUT2D eigenvalue weighted by molar-refractivity contribution is 5.91. The van der Waals surface area contributed by atoms with Gasteiger partial charge in [0, 0.05) is 43.2 Å². The Labute approximate surface area is 187 Å². The average molecular weight is 458 g/mol. The highest BCUT2D eigenvalue weighted by Crippen LogP contribution is 2.32. The number of hydrogen-bond donors (Lipinski definition) is 2. The lowest BCUT2D eigenvalue weighted by Gasteiger charge is -2.20. The van der Waals surface area contributed by atoms with Gasteiger partial charge in [-0.1, -0.05) is 12.1 Å². The first-order chi connectivity index (χ1) is 15.8. The summed E-state index contributed by atoms with van der Waals surface area (Å²) in [7, 11) is 1.50. The van der Waals surface area contributed by atoms with Gasteiger partial charge in [-0.3, -0.25) is 4.98 Å². The number of carbonyl (C=O) groups is 1. The second kappa shape index (κ2) is 9.31. The van der Waals surface area contributed by atoms with E-state index in [-0.39, 0.29) is 17.7 Å². The molecule has 2 amide bonds. The van der Waals surface area contributed by atoms with E-state index in [4.69, 9.17) is 4.74 Å². The van der Waals surface area contributed by atoms with E-state index in [9.17, 15) is 18.0 Å². The Morgan fingerprint density at radius 3 is 2.64 bits per heavy atom. The average Bonchev–Trinajstić information content (AvgIpc) is 3.27. The number of halogens is 3. The number of anilines is 2. The molecule has 1 fully saturated rings. The van der Waals surface area contributed by atoms with Gasteiger partial charge in [0.1, 0.15) is 11.6 Å². The van der Waals surface area contributed by atoms with Crippen molar-refractivity contribution in [3.05, 3.63) is 60.6 Å². The van der Waals surface area contributed by atoms with Crippen LogP contribution in [0.15, 0.2) is 54.9 Å². The number of urea groups is 1. The summed E-state index contributed by atoms with van der Waals surface area (Å²) in [4.78, 5) is 26.1. The van der Waals surface area contributed by atoms with Gasteiger partial charge in [-0.15, -0.1) is 0 Å². The molecule has 11 heteroatoms. The molecule has 3 aromatic rings. The molecule has 4 rings (SSSR count). The lowest BCUT2D eigenvalue weighted by Crippen LogP contribution is -2.39. The Kier molecular flexibility index (Phi) is 6.29. The number of aromatic nitrogens is 3. The third-order valence-corrected chi connectivity index (χ3v) is 5.14. The Bertz CT molecular complexity index is 1130. The van der Waals surface area contributed by atoms with E-state index < -0.39 is 17.9 Å². The van der Waals surface area contributed by atoms with E-state index in [1.54, 1.807) is 41.3 Å². The molecule has 0 spiro atoms. The summed E-state index contributed by atoms with van der Waals surface area (Å²) >= 11 is 0. The quantitative estimate of drug-likeness (QED) is 0.601. The molecule has 1 unspecified atom stereocenters.